The number of rotatable bonds is 8. The molecule has 7 nitrogen and oxygen atoms in total. The maximum atomic E-state index is 12.9. The minimum absolute atomic E-state index is 0.151. The van der Waals surface area contributed by atoms with E-state index in [1.54, 1.807) is 24.5 Å². The second-order valence-corrected chi connectivity index (χ2v) is 9.71. The minimum atomic E-state index is -0.516. The average molecular weight is 520 g/mol. The molecule has 0 bridgehead atoms. The van der Waals surface area contributed by atoms with Gasteiger partial charge in [0.15, 0.2) is 0 Å². The van der Waals surface area contributed by atoms with E-state index < -0.39 is 11.6 Å². The highest BCUT2D eigenvalue weighted by molar-refractivity contribution is 6.53. The summed E-state index contributed by atoms with van der Waals surface area (Å²) in [7, 11) is 0. The number of hydrogen-bond acceptors (Lipinski definition) is 6. The zero-order valence-corrected chi connectivity index (χ0v) is 22.1. The molecular weight excluding hydrogens is 490 g/mol. The fraction of sp³-hybridized carbons (Fsp3) is 0.188. The number of aromatic nitrogens is 1. The van der Waals surface area contributed by atoms with Crippen LogP contribution in [0, 0.1) is 20.8 Å². The Labute approximate surface area is 227 Å². The molecule has 5 rings (SSSR count). The van der Waals surface area contributed by atoms with Gasteiger partial charge in [0, 0.05) is 47.4 Å². The number of nitrogens with one attached hydrogen (secondary N) is 2. The summed E-state index contributed by atoms with van der Waals surface area (Å²) >= 11 is 0. The lowest BCUT2D eigenvalue weighted by molar-refractivity contribution is -0.116. The van der Waals surface area contributed by atoms with Crippen LogP contribution in [0.3, 0.4) is 0 Å². The van der Waals surface area contributed by atoms with Crippen LogP contribution in [-0.4, -0.2) is 29.0 Å². The van der Waals surface area contributed by atoms with E-state index in [1.807, 2.05) is 63.2 Å². The van der Waals surface area contributed by atoms with Gasteiger partial charge in [-0.15, -0.1) is 0 Å². The summed E-state index contributed by atoms with van der Waals surface area (Å²) in [5, 5.41) is 6.23. The first-order valence-electron chi connectivity index (χ1n) is 12.8. The van der Waals surface area contributed by atoms with Crippen molar-refractivity contribution in [3.05, 3.63) is 112 Å². The number of carbonyl (C=O) groups excluding carboxylic acids is 3. The Kier molecular flexibility index (Phi) is 7.23. The van der Waals surface area contributed by atoms with Gasteiger partial charge < -0.3 is 15.1 Å². The van der Waals surface area contributed by atoms with Crippen LogP contribution in [0.15, 0.2) is 71.4 Å². The van der Waals surface area contributed by atoms with Crippen molar-refractivity contribution in [1.29, 1.82) is 0 Å². The normalized spacial score (nSPS) is 12.4. The monoisotopic (exact) mass is 519 g/mol. The van der Waals surface area contributed by atoms with Crippen molar-refractivity contribution >= 4 is 29.2 Å². The van der Waals surface area contributed by atoms with E-state index >= 15 is 0 Å². The Morgan fingerprint density at radius 2 is 1.72 bits per heavy atom. The van der Waals surface area contributed by atoms with Crippen LogP contribution in [0.4, 0.5) is 5.69 Å². The van der Waals surface area contributed by atoms with Crippen LogP contribution >= 0.6 is 0 Å². The highest BCUT2D eigenvalue weighted by atomic mass is 16.3. The second-order valence-electron chi connectivity index (χ2n) is 9.71. The standard InChI is InChI=1S/C32H29N3O4/c1-19-15-25-26(16-20(19)2)32-29(31(38)30(25)37)21(3)27(39-32)18-35-24-9-6-22(7-10-24)12-14-34-28(36)11-8-23-5-4-13-33-17-23/h4-11,13,15-17,35H,12,14,18H2,1-3H3,(H,34,36)/b11-8+. The fourth-order valence-electron chi connectivity index (χ4n) is 4.63. The molecule has 39 heavy (non-hydrogen) atoms. The molecule has 0 saturated heterocycles. The Bertz CT molecular complexity index is 1600. The second kappa shape index (κ2) is 10.9. The number of hydrogen-bond donors (Lipinski definition) is 2. The summed E-state index contributed by atoms with van der Waals surface area (Å²) in [5.74, 6) is -0.0580. The lowest BCUT2D eigenvalue weighted by atomic mass is 9.85. The molecule has 0 aliphatic heterocycles. The van der Waals surface area contributed by atoms with Gasteiger partial charge in [0.05, 0.1) is 12.1 Å². The predicted octanol–water partition coefficient (Wildman–Crippen LogP) is 5.63. The van der Waals surface area contributed by atoms with Crippen LogP contribution in [0.25, 0.3) is 17.4 Å². The fourth-order valence-corrected chi connectivity index (χ4v) is 4.63. The molecule has 0 unspecified atom stereocenters. The minimum Gasteiger partial charge on any atom is -0.458 e. The third-order valence-corrected chi connectivity index (χ3v) is 7.03. The van der Waals surface area contributed by atoms with Crippen molar-refractivity contribution in [3.8, 4) is 11.3 Å². The smallest absolute Gasteiger partial charge is 0.244 e. The highest BCUT2D eigenvalue weighted by Crippen LogP contribution is 2.39. The van der Waals surface area contributed by atoms with E-state index in [0.717, 1.165) is 27.9 Å². The summed E-state index contributed by atoms with van der Waals surface area (Å²) in [4.78, 5) is 41.7. The average Bonchev–Trinajstić information content (AvgIpc) is 3.28. The number of fused-ring (bicyclic) bond motifs is 3. The van der Waals surface area contributed by atoms with Gasteiger partial charge in [0.25, 0.3) is 0 Å². The Hall–Kier alpha value is -4.78. The number of pyridine rings is 1. The van der Waals surface area contributed by atoms with Gasteiger partial charge in [-0.05, 0) is 85.9 Å². The maximum absolute atomic E-state index is 12.9. The number of nitrogens with zero attached hydrogens (tertiary/aromatic N) is 1. The molecular formula is C32H29N3O4. The van der Waals surface area contributed by atoms with Crippen LogP contribution < -0.4 is 10.6 Å². The molecule has 1 amide bonds. The molecule has 7 heteroatoms. The molecule has 1 aliphatic carbocycles. The topological polar surface area (TPSA) is 101 Å². The third-order valence-electron chi connectivity index (χ3n) is 7.03. The summed E-state index contributed by atoms with van der Waals surface area (Å²) in [6.45, 7) is 6.62. The predicted molar refractivity (Wildman–Crippen MR) is 151 cm³/mol. The number of aryl methyl sites for hydroxylation is 2. The number of benzene rings is 2. The molecule has 0 radical (unpaired) electrons. The number of Topliss-reactive ketones (excluding diaryl/α,β-unsaturated/α-hetero) is 2. The molecule has 1 aliphatic rings. The van der Waals surface area contributed by atoms with E-state index in [-0.39, 0.29) is 5.91 Å². The number of ketones is 2. The van der Waals surface area contributed by atoms with E-state index in [4.69, 9.17) is 4.42 Å². The lowest BCUT2D eigenvalue weighted by Crippen LogP contribution is -2.23. The third kappa shape index (κ3) is 5.43. The molecule has 4 aromatic rings. The number of carbonyl (C=O) groups is 3. The number of anilines is 1. The highest BCUT2D eigenvalue weighted by Gasteiger charge is 2.36. The molecule has 2 N–H and O–H groups in total. The summed E-state index contributed by atoms with van der Waals surface area (Å²) in [6.07, 6.45) is 7.32. The van der Waals surface area contributed by atoms with Gasteiger partial charge in [0.2, 0.25) is 17.5 Å². The number of furan rings is 1. The van der Waals surface area contributed by atoms with Crippen molar-refractivity contribution < 1.29 is 18.8 Å². The number of amides is 1. The zero-order chi connectivity index (χ0) is 27.5. The SMILES string of the molecule is Cc1cc2c(cc1C)-c1oc(CNc3ccc(CCNC(=O)/C=C/c4cccnc4)cc3)c(C)c1C(=O)C2=O. The van der Waals surface area contributed by atoms with Crippen molar-refractivity contribution in [3.63, 3.8) is 0 Å². The first-order valence-corrected chi connectivity index (χ1v) is 12.8. The first kappa shape index (κ1) is 25.9. The van der Waals surface area contributed by atoms with Crippen LogP contribution in [0.2, 0.25) is 0 Å². The van der Waals surface area contributed by atoms with Gasteiger partial charge >= 0.3 is 0 Å². The molecule has 0 spiro atoms. The molecule has 2 heterocycles. The summed E-state index contributed by atoms with van der Waals surface area (Å²) in [5.41, 5.74) is 6.98. The van der Waals surface area contributed by atoms with Gasteiger partial charge in [0.1, 0.15) is 11.5 Å². The van der Waals surface area contributed by atoms with E-state index in [2.05, 4.69) is 15.6 Å². The van der Waals surface area contributed by atoms with Crippen molar-refractivity contribution in [1.82, 2.24) is 10.3 Å². The first-order chi connectivity index (χ1) is 18.8. The molecule has 2 aromatic carbocycles. The lowest BCUT2D eigenvalue weighted by Gasteiger charge is -2.15. The summed E-state index contributed by atoms with van der Waals surface area (Å²) in [6, 6.07) is 15.3. The molecule has 196 valence electrons. The van der Waals surface area contributed by atoms with Gasteiger partial charge in [-0.25, -0.2) is 0 Å². The van der Waals surface area contributed by atoms with Gasteiger partial charge in [-0.1, -0.05) is 18.2 Å². The Morgan fingerprint density at radius 3 is 2.44 bits per heavy atom. The van der Waals surface area contributed by atoms with Crippen LogP contribution in [0.5, 0.6) is 0 Å². The van der Waals surface area contributed by atoms with Crippen LogP contribution in [0.1, 0.15) is 54.3 Å². The maximum Gasteiger partial charge on any atom is 0.244 e. The Morgan fingerprint density at radius 1 is 0.974 bits per heavy atom. The largest absolute Gasteiger partial charge is 0.458 e. The molecule has 0 atom stereocenters. The molecule has 0 saturated carbocycles. The van der Waals surface area contributed by atoms with E-state index in [1.165, 1.54) is 6.08 Å². The van der Waals surface area contributed by atoms with E-state index in [0.29, 0.717) is 53.3 Å². The van der Waals surface area contributed by atoms with Gasteiger partial charge in [-0.2, -0.15) is 0 Å². The van der Waals surface area contributed by atoms with Crippen molar-refractivity contribution in [2.75, 3.05) is 11.9 Å². The van der Waals surface area contributed by atoms with E-state index in [9.17, 15) is 14.4 Å². The van der Waals surface area contributed by atoms with Crippen molar-refractivity contribution in [2.45, 2.75) is 33.7 Å². The molecule has 2 aromatic heterocycles. The zero-order valence-electron chi connectivity index (χ0n) is 22.1. The quantitative estimate of drug-likeness (QED) is 0.231. The van der Waals surface area contributed by atoms with Crippen LogP contribution in [-0.2, 0) is 17.8 Å². The van der Waals surface area contributed by atoms with Crippen molar-refractivity contribution in [2.24, 2.45) is 0 Å². The molecule has 0 fully saturated rings. The van der Waals surface area contributed by atoms with Gasteiger partial charge in [-0.3, -0.25) is 19.4 Å². The summed E-state index contributed by atoms with van der Waals surface area (Å²) < 4.78 is 6.16. The Balaban J connectivity index is 1.19.